The smallest absolute Gasteiger partial charge is 0.330 e. The van der Waals surface area contributed by atoms with Gasteiger partial charge in [0.2, 0.25) is 0 Å². The molecule has 4 aromatic rings. The molecule has 0 bridgehead atoms. The molecular formula is C25H20F3N3O. The highest BCUT2D eigenvalue weighted by Crippen LogP contribution is 2.39. The molecule has 5 rings (SSSR count). The Kier molecular flexibility index (Phi) is 4.96. The van der Waals surface area contributed by atoms with Crippen molar-refractivity contribution in [2.45, 2.75) is 25.1 Å². The maximum atomic E-state index is 13.6. The van der Waals surface area contributed by atoms with Crippen LogP contribution in [0, 0.1) is 0 Å². The van der Waals surface area contributed by atoms with E-state index in [0.29, 0.717) is 29.0 Å². The van der Waals surface area contributed by atoms with Crippen LogP contribution in [0.5, 0.6) is 0 Å². The summed E-state index contributed by atoms with van der Waals surface area (Å²) in [5.41, 5.74) is 1.54. The van der Waals surface area contributed by atoms with E-state index >= 15 is 0 Å². The molecule has 162 valence electrons. The van der Waals surface area contributed by atoms with Gasteiger partial charge in [-0.15, -0.1) is 0 Å². The molecule has 1 fully saturated rings. The average Bonchev–Trinajstić information content (AvgIpc) is 3.45. The van der Waals surface area contributed by atoms with Crippen LogP contribution in [0.15, 0.2) is 79.1 Å². The van der Waals surface area contributed by atoms with Gasteiger partial charge in [0.15, 0.2) is 0 Å². The number of hydrogen-bond donors (Lipinski definition) is 0. The van der Waals surface area contributed by atoms with Crippen LogP contribution in [0.1, 0.15) is 40.5 Å². The third-order valence-corrected chi connectivity index (χ3v) is 5.90. The van der Waals surface area contributed by atoms with Crippen LogP contribution in [0.3, 0.4) is 0 Å². The zero-order valence-corrected chi connectivity index (χ0v) is 17.1. The summed E-state index contributed by atoms with van der Waals surface area (Å²) in [6.07, 6.45) is 0.723. The van der Waals surface area contributed by atoms with Crippen molar-refractivity contribution in [1.29, 1.82) is 0 Å². The molecule has 1 aliphatic rings. The number of imidazole rings is 1. The lowest BCUT2D eigenvalue weighted by Crippen LogP contribution is -2.30. The van der Waals surface area contributed by atoms with Gasteiger partial charge in [0.05, 0.1) is 17.3 Å². The van der Waals surface area contributed by atoms with Gasteiger partial charge in [0.1, 0.15) is 5.65 Å². The molecule has 0 radical (unpaired) electrons. The molecular weight excluding hydrogens is 415 g/mol. The first-order valence-corrected chi connectivity index (χ1v) is 10.4. The Morgan fingerprint density at radius 3 is 2.44 bits per heavy atom. The SMILES string of the molecule is O=C(c1ccccc1)N1CCC[C@H]1c1cn2cccc(-c3ccccc3C(F)(F)F)c2n1. The number of aromatic nitrogens is 2. The Labute approximate surface area is 182 Å². The molecule has 0 spiro atoms. The molecule has 2 aromatic carbocycles. The quantitative estimate of drug-likeness (QED) is 0.396. The first kappa shape index (κ1) is 20.3. The van der Waals surface area contributed by atoms with Gasteiger partial charge in [-0.05, 0) is 48.7 Å². The summed E-state index contributed by atoms with van der Waals surface area (Å²) in [5.74, 6) is -0.0622. The maximum absolute atomic E-state index is 13.6. The van der Waals surface area contributed by atoms with E-state index in [0.717, 1.165) is 18.9 Å². The van der Waals surface area contributed by atoms with Gasteiger partial charge >= 0.3 is 6.18 Å². The van der Waals surface area contributed by atoms with Crippen molar-refractivity contribution >= 4 is 11.6 Å². The molecule has 32 heavy (non-hydrogen) atoms. The predicted octanol–water partition coefficient (Wildman–Crippen LogP) is 6.00. The Balaban J connectivity index is 1.57. The monoisotopic (exact) mass is 435 g/mol. The second kappa shape index (κ2) is 7.82. The molecule has 1 atom stereocenters. The van der Waals surface area contributed by atoms with Crippen LogP contribution in [-0.4, -0.2) is 26.7 Å². The van der Waals surface area contributed by atoms with E-state index in [4.69, 9.17) is 4.98 Å². The molecule has 1 aliphatic heterocycles. The average molecular weight is 435 g/mol. The summed E-state index contributed by atoms with van der Waals surface area (Å²) in [6, 6.07) is 17.8. The number of rotatable bonds is 3. The van der Waals surface area contributed by atoms with E-state index in [1.807, 2.05) is 24.4 Å². The van der Waals surface area contributed by atoms with Crippen molar-refractivity contribution in [2.24, 2.45) is 0 Å². The topological polar surface area (TPSA) is 37.6 Å². The Hall–Kier alpha value is -3.61. The van der Waals surface area contributed by atoms with Gasteiger partial charge in [0.25, 0.3) is 5.91 Å². The number of benzene rings is 2. The summed E-state index contributed by atoms with van der Waals surface area (Å²) in [7, 11) is 0. The van der Waals surface area contributed by atoms with Crippen molar-refractivity contribution < 1.29 is 18.0 Å². The molecule has 2 aromatic heterocycles. The van der Waals surface area contributed by atoms with Crippen molar-refractivity contribution in [3.05, 3.63) is 95.9 Å². The molecule has 4 nitrogen and oxygen atoms in total. The van der Waals surface area contributed by atoms with E-state index in [9.17, 15) is 18.0 Å². The number of nitrogens with zero attached hydrogens (tertiary/aromatic N) is 3. The van der Waals surface area contributed by atoms with E-state index in [1.54, 1.807) is 45.8 Å². The Bertz CT molecular complexity index is 1280. The highest BCUT2D eigenvalue weighted by atomic mass is 19.4. The van der Waals surface area contributed by atoms with E-state index in [-0.39, 0.29) is 17.5 Å². The number of hydrogen-bond acceptors (Lipinski definition) is 2. The van der Waals surface area contributed by atoms with Gasteiger partial charge in [-0.2, -0.15) is 13.2 Å². The van der Waals surface area contributed by atoms with Crippen LogP contribution in [0.25, 0.3) is 16.8 Å². The Morgan fingerprint density at radius 1 is 0.938 bits per heavy atom. The first-order chi connectivity index (χ1) is 15.4. The minimum atomic E-state index is -4.47. The van der Waals surface area contributed by atoms with Crippen LogP contribution in [0.4, 0.5) is 13.2 Å². The first-order valence-electron chi connectivity index (χ1n) is 10.4. The minimum absolute atomic E-state index is 0.0622. The molecule has 0 saturated carbocycles. The second-order valence-corrected chi connectivity index (χ2v) is 7.88. The lowest BCUT2D eigenvalue weighted by atomic mass is 10.0. The van der Waals surface area contributed by atoms with Gasteiger partial charge < -0.3 is 9.30 Å². The molecule has 0 aliphatic carbocycles. The molecule has 0 N–H and O–H groups in total. The highest BCUT2D eigenvalue weighted by molar-refractivity contribution is 5.94. The number of carbonyl (C=O) groups is 1. The van der Waals surface area contributed by atoms with Crippen LogP contribution in [-0.2, 0) is 6.18 Å². The third kappa shape index (κ3) is 3.53. The summed E-state index contributed by atoms with van der Waals surface area (Å²) in [4.78, 5) is 19.6. The largest absolute Gasteiger partial charge is 0.417 e. The number of fused-ring (bicyclic) bond motifs is 1. The number of pyridine rings is 1. The van der Waals surface area contributed by atoms with Crippen LogP contribution < -0.4 is 0 Å². The highest BCUT2D eigenvalue weighted by Gasteiger charge is 2.35. The van der Waals surface area contributed by atoms with Gasteiger partial charge in [-0.25, -0.2) is 4.98 Å². The molecule has 0 unspecified atom stereocenters. The number of carbonyl (C=O) groups excluding carboxylic acids is 1. The number of amides is 1. The van der Waals surface area contributed by atoms with Gasteiger partial charge in [0, 0.05) is 30.1 Å². The van der Waals surface area contributed by atoms with Crippen molar-refractivity contribution in [3.63, 3.8) is 0 Å². The van der Waals surface area contributed by atoms with Gasteiger partial charge in [-0.3, -0.25) is 4.79 Å². The fourth-order valence-electron chi connectivity index (χ4n) is 4.43. The maximum Gasteiger partial charge on any atom is 0.417 e. The Morgan fingerprint density at radius 2 is 1.66 bits per heavy atom. The summed E-state index contributed by atoms with van der Waals surface area (Å²) in [5, 5.41) is 0. The summed E-state index contributed by atoms with van der Waals surface area (Å²) >= 11 is 0. The lowest BCUT2D eigenvalue weighted by molar-refractivity contribution is -0.137. The zero-order valence-electron chi connectivity index (χ0n) is 17.1. The summed E-state index contributed by atoms with van der Waals surface area (Å²) < 4.78 is 42.6. The number of likely N-dealkylation sites (tertiary alicyclic amines) is 1. The molecule has 3 heterocycles. The van der Waals surface area contributed by atoms with E-state index in [1.165, 1.54) is 12.1 Å². The number of alkyl halides is 3. The van der Waals surface area contributed by atoms with Gasteiger partial charge in [-0.1, -0.05) is 36.4 Å². The van der Waals surface area contributed by atoms with Crippen molar-refractivity contribution in [3.8, 4) is 11.1 Å². The normalized spacial score (nSPS) is 16.6. The second-order valence-electron chi connectivity index (χ2n) is 7.88. The van der Waals surface area contributed by atoms with Crippen LogP contribution in [0.2, 0.25) is 0 Å². The summed E-state index contributed by atoms with van der Waals surface area (Å²) in [6.45, 7) is 0.621. The van der Waals surface area contributed by atoms with Crippen molar-refractivity contribution in [2.75, 3.05) is 6.54 Å². The van der Waals surface area contributed by atoms with Crippen molar-refractivity contribution in [1.82, 2.24) is 14.3 Å². The third-order valence-electron chi connectivity index (χ3n) is 5.90. The molecule has 7 heteroatoms. The van der Waals surface area contributed by atoms with E-state index in [2.05, 4.69) is 0 Å². The van der Waals surface area contributed by atoms with E-state index < -0.39 is 11.7 Å². The fraction of sp³-hybridized carbons (Fsp3) is 0.200. The van der Waals surface area contributed by atoms with Crippen LogP contribution >= 0.6 is 0 Å². The molecule has 1 saturated heterocycles. The lowest BCUT2D eigenvalue weighted by Gasteiger charge is -2.23. The molecule has 1 amide bonds. The fourth-order valence-corrected chi connectivity index (χ4v) is 4.43. The zero-order chi connectivity index (χ0) is 22.3. The minimum Gasteiger partial charge on any atom is -0.330 e. The number of halogens is 3. The predicted molar refractivity (Wildman–Crippen MR) is 115 cm³/mol. The standard InChI is InChI=1S/C25H20F3N3O/c26-25(27,28)20-12-5-4-10-18(20)19-11-6-14-30-16-21(29-23(19)30)22-13-7-15-31(22)24(32)17-8-2-1-3-9-17/h1-6,8-12,14,16,22H,7,13,15H2/t22-/m0/s1.